The summed E-state index contributed by atoms with van der Waals surface area (Å²) in [6.45, 7) is 12.8. The van der Waals surface area contributed by atoms with Gasteiger partial charge in [-0.3, -0.25) is 9.59 Å². The molecule has 7 nitrogen and oxygen atoms in total. The molecule has 3 amide bonds. The van der Waals surface area contributed by atoms with Crippen molar-refractivity contribution in [1.82, 2.24) is 15.5 Å². The summed E-state index contributed by atoms with van der Waals surface area (Å²) in [6, 6.07) is 6.76. The summed E-state index contributed by atoms with van der Waals surface area (Å²) in [5, 5.41) is 6.21. The van der Waals surface area contributed by atoms with Gasteiger partial charge in [0.25, 0.3) is 0 Å². The molecule has 0 aliphatic carbocycles. The van der Waals surface area contributed by atoms with E-state index in [2.05, 4.69) is 36.6 Å². The number of likely N-dealkylation sites (tertiary alicyclic amines) is 1. The zero-order valence-corrected chi connectivity index (χ0v) is 22.4. The molecular weight excluding hydrogens is 477 g/mol. The van der Waals surface area contributed by atoms with Crippen molar-refractivity contribution >= 4 is 41.1 Å². The predicted octanol–water partition coefficient (Wildman–Crippen LogP) is 4.57. The summed E-state index contributed by atoms with van der Waals surface area (Å²) in [5.74, 6) is -0.711. The highest BCUT2D eigenvalue weighted by Gasteiger charge is 2.40. The van der Waals surface area contributed by atoms with Crippen LogP contribution in [0.25, 0.3) is 0 Å². The topological polar surface area (TPSA) is 87.7 Å². The number of carbonyl (C=O) groups is 3. The molecule has 0 radical (unpaired) electrons. The third-order valence-electron chi connectivity index (χ3n) is 6.21. The van der Waals surface area contributed by atoms with Gasteiger partial charge in [-0.1, -0.05) is 51.4 Å². The molecular formula is C25H37Cl2N3O4. The average Bonchev–Trinajstić information content (AvgIpc) is 2.75. The van der Waals surface area contributed by atoms with E-state index in [4.69, 9.17) is 27.9 Å². The van der Waals surface area contributed by atoms with Crippen LogP contribution in [0.2, 0.25) is 5.02 Å². The Balaban J connectivity index is 2.01. The molecule has 1 aromatic rings. The van der Waals surface area contributed by atoms with Gasteiger partial charge in [-0.2, -0.15) is 0 Å². The molecule has 2 atom stereocenters. The molecule has 1 aliphatic heterocycles. The van der Waals surface area contributed by atoms with E-state index in [1.807, 2.05) is 30.9 Å². The highest BCUT2D eigenvalue weighted by Crippen LogP contribution is 2.42. The fourth-order valence-electron chi connectivity index (χ4n) is 4.43. The number of halogens is 2. The number of alkyl halides is 1. The molecule has 0 saturated carbocycles. The fraction of sp³-hybridized carbons (Fsp3) is 0.640. The standard InChI is InChI=1S/C25H37Cl2N3O4/c1-16(2)21(29-23(33)28-14-25(5,6)34-20(31)13-26)22(32)30-12-11-19(24(3,4)15-30)17-7-9-18(27)10-8-17/h7-10,16,19,21H,11-15H2,1-6H3,(H2,28,29,33). The van der Waals surface area contributed by atoms with Gasteiger partial charge in [0.2, 0.25) is 5.91 Å². The van der Waals surface area contributed by atoms with Gasteiger partial charge < -0.3 is 20.3 Å². The third-order valence-corrected chi connectivity index (χ3v) is 6.68. The molecule has 2 unspecified atom stereocenters. The number of rotatable bonds is 8. The Morgan fingerprint density at radius 2 is 1.82 bits per heavy atom. The molecule has 2 N–H and O–H groups in total. The molecule has 1 saturated heterocycles. The number of nitrogens with zero attached hydrogens (tertiary/aromatic N) is 1. The summed E-state index contributed by atoms with van der Waals surface area (Å²) in [6.07, 6.45) is 0.831. The van der Waals surface area contributed by atoms with E-state index in [1.54, 1.807) is 13.8 Å². The van der Waals surface area contributed by atoms with Crippen LogP contribution in [0.5, 0.6) is 0 Å². The van der Waals surface area contributed by atoms with Gasteiger partial charge in [0.05, 0.1) is 6.54 Å². The lowest BCUT2D eigenvalue weighted by Crippen LogP contribution is -2.58. The molecule has 0 spiro atoms. The second-order valence-corrected chi connectivity index (χ2v) is 11.3. The monoisotopic (exact) mass is 513 g/mol. The third kappa shape index (κ3) is 7.77. The zero-order valence-electron chi connectivity index (χ0n) is 20.9. The van der Waals surface area contributed by atoms with Crippen molar-refractivity contribution in [2.75, 3.05) is 25.5 Å². The molecule has 190 valence electrons. The molecule has 0 aromatic heterocycles. The van der Waals surface area contributed by atoms with Crippen LogP contribution < -0.4 is 10.6 Å². The quantitative estimate of drug-likeness (QED) is 0.393. The summed E-state index contributed by atoms with van der Waals surface area (Å²) in [7, 11) is 0. The van der Waals surface area contributed by atoms with Crippen LogP contribution in [0, 0.1) is 11.3 Å². The Labute approximate surface area is 212 Å². The number of nitrogens with one attached hydrogen (secondary N) is 2. The number of piperidine rings is 1. The van der Waals surface area contributed by atoms with Gasteiger partial charge in [-0.15, -0.1) is 11.6 Å². The smallest absolute Gasteiger partial charge is 0.321 e. The lowest BCUT2D eigenvalue weighted by molar-refractivity contribution is -0.152. The largest absolute Gasteiger partial charge is 0.457 e. The Morgan fingerprint density at radius 1 is 1.21 bits per heavy atom. The number of esters is 1. The predicted molar refractivity (Wildman–Crippen MR) is 135 cm³/mol. The van der Waals surface area contributed by atoms with E-state index in [-0.39, 0.29) is 29.7 Å². The minimum Gasteiger partial charge on any atom is -0.457 e. The van der Waals surface area contributed by atoms with Crippen molar-refractivity contribution in [3.63, 3.8) is 0 Å². The SMILES string of the molecule is CC(C)C(NC(=O)NCC(C)(C)OC(=O)CCl)C(=O)N1CCC(c2ccc(Cl)cc2)C(C)(C)C1. The first-order valence-corrected chi connectivity index (χ1v) is 12.5. The Morgan fingerprint density at radius 3 is 2.35 bits per heavy atom. The van der Waals surface area contributed by atoms with Gasteiger partial charge in [-0.25, -0.2) is 4.79 Å². The van der Waals surface area contributed by atoms with Crippen molar-refractivity contribution in [3.05, 3.63) is 34.9 Å². The van der Waals surface area contributed by atoms with Gasteiger partial charge in [0.15, 0.2) is 0 Å². The zero-order chi connectivity index (χ0) is 25.7. The molecule has 1 fully saturated rings. The van der Waals surface area contributed by atoms with Crippen molar-refractivity contribution in [2.45, 2.75) is 65.5 Å². The van der Waals surface area contributed by atoms with Crippen LogP contribution in [-0.2, 0) is 14.3 Å². The van der Waals surface area contributed by atoms with Gasteiger partial charge in [-0.05, 0) is 55.2 Å². The molecule has 0 bridgehead atoms. The van der Waals surface area contributed by atoms with Crippen LogP contribution in [0.4, 0.5) is 4.79 Å². The van der Waals surface area contributed by atoms with Gasteiger partial charge in [0.1, 0.15) is 17.5 Å². The van der Waals surface area contributed by atoms with Crippen molar-refractivity contribution in [2.24, 2.45) is 11.3 Å². The van der Waals surface area contributed by atoms with E-state index in [1.165, 1.54) is 5.56 Å². The number of amides is 3. The van der Waals surface area contributed by atoms with Crippen LogP contribution >= 0.6 is 23.2 Å². The van der Waals surface area contributed by atoms with Gasteiger partial charge in [0, 0.05) is 18.1 Å². The maximum atomic E-state index is 13.4. The summed E-state index contributed by atoms with van der Waals surface area (Å²) in [4.78, 5) is 39.3. The number of carbonyl (C=O) groups excluding carboxylic acids is 3. The lowest BCUT2D eigenvalue weighted by atomic mass is 9.70. The van der Waals surface area contributed by atoms with Crippen LogP contribution in [0.15, 0.2) is 24.3 Å². The highest BCUT2D eigenvalue weighted by atomic mass is 35.5. The number of hydrogen-bond acceptors (Lipinski definition) is 4. The lowest BCUT2D eigenvalue weighted by Gasteiger charge is -2.45. The second-order valence-electron chi connectivity index (χ2n) is 10.6. The molecule has 1 aromatic carbocycles. The van der Waals surface area contributed by atoms with Crippen LogP contribution in [0.1, 0.15) is 59.4 Å². The first kappa shape index (κ1) is 28.2. The maximum Gasteiger partial charge on any atom is 0.321 e. The van der Waals surface area contributed by atoms with Crippen molar-refractivity contribution in [3.8, 4) is 0 Å². The van der Waals surface area contributed by atoms with Crippen molar-refractivity contribution < 1.29 is 19.1 Å². The normalized spacial score (nSPS) is 18.9. The van der Waals surface area contributed by atoms with E-state index in [0.29, 0.717) is 24.0 Å². The van der Waals surface area contributed by atoms with E-state index in [9.17, 15) is 14.4 Å². The summed E-state index contributed by atoms with van der Waals surface area (Å²) >= 11 is 11.5. The van der Waals surface area contributed by atoms with Gasteiger partial charge >= 0.3 is 12.0 Å². The first-order chi connectivity index (χ1) is 15.8. The Kier molecular flexibility index (Phi) is 9.66. The second kappa shape index (κ2) is 11.6. The molecule has 1 aliphatic rings. The minimum atomic E-state index is -0.922. The van der Waals surface area contributed by atoms with Crippen molar-refractivity contribution in [1.29, 1.82) is 0 Å². The van der Waals surface area contributed by atoms with E-state index < -0.39 is 23.6 Å². The number of urea groups is 1. The first-order valence-electron chi connectivity index (χ1n) is 11.6. The number of hydrogen-bond donors (Lipinski definition) is 2. The number of benzene rings is 1. The average molecular weight is 514 g/mol. The minimum absolute atomic E-state index is 0.0833. The summed E-state index contributed by atoms with van der Waals surface area (Å²) in [5.41, 5.74) is 0.160. The molecule has 34 heavy (non-hydrogen) atoms. The van der Waals surface area contributed by atoms with Crippen LogP contribution in [0.3, 0.4) is 0 Å². The Hall–Kier alpha value is -1.99. The molecule has 9 heteroatoms. The van der Waals surface area contributed by atoms with Crippen LogP contribution in [-0.4, -0.2) is 60.0 Å². The highest BCUT2D eigenvalue weighted by molar-refractivity contribution is 6.30. The summed E-state index contributed by atoms with van der Waals surface area (Å²) < 4.78 is 5.21. The van der Waals surface area contributed by atoms with E-state index in [0.717, 1.165) is 6.42 Å². The number of ether oxygens (including phenoxy) is 1. The molecule has 1 heterocycles. The molecule has 2 rings (SSSR count). The fourth-order valence-corrected chi connectivity index (χ4v) is 4.61. The van der Waals surface area contributed by atoms with E-state index >= 15 is 0 Å². The maximum absolute atomic E-state index is 13.4. The Bertz CT molecular complexity index is 871.